The van der Waals surface area contributed by atoms with E-state index < -0.39 is 11.5 Å². The average molecular weight is 257 g/mol. The van der Waals surface area contributed by atoms with Crippen molar-refractivity contribution in [3.8, 4) is 0 Å². The lowest BCUT2D eigenvalue weighted by molar-refractivity contribution is -0.120. The zero-order valence-corrected chi connectivity index (χ0v) is 9.78. The van der Waals surface area contributed by atoms with Gasteiger partial charge in [0.25, 0.3) is 0 Å². The highest BCUT2D eigenvalue weighted by atomic mass is 79.9. The van der Waals surface area contributed by atoms with E-state index >= 15 is 0 Å². The Morgan fingerprint density at radius 1 is 1.43 bits per heavy atom. The number of aliphatic hydroxyl groups excluding tert-OH is 1. The Morgan fingerprint density at radius 3 is 2.50 bits per heavy atom. The minimum Gasteiger partial charge on any atom is -0.387 e. The first-order valence-corrected chi connectivity index (χ1v) is 5.17. The van der Waals surface area contributed by atoms with Gasteiger partial charge in [-0.25, -0.2) is 0 Å². The van der Waals surface area contributed by atoms with Crippen molar-refractivity contribution < 1.29 is 9.90 Å². The van der Waals surface area contributed by atoms with Crippen molar-refractivity contribution in [2.75, 3.05) is 0 Å². The number of hydrogen-bond donors (Lipinski definition) is 1. The SMILES string of the molecule is CC(C)(C=O)C(O)c1ccccc1Br. The Hall–Kier alpha value is -0.670. The van der Waals surface area contributed by atoms with E-state index in [0.29, 0.717) is 0 Å². The summed E-state index contributed by atoms with van der Waals surface area (Å²) in [6, 6.07) is 7.36. The summed E-state index contributed by atoms with van der Waals surface area (Å²) in [6.45, 7) is 3.42. The summed E-state index contributed by atoms with van der Waals surface area (Å²) in [5.41, 5.74) is -0.0197. The van der Waals surface area contributed by atoms with Crippen molar-refractivity contribution >= 4 is 22.2 Å². The maximum Gasteiger partial charge on any atom is 0.128 e. The first-order valence-electron chi connectivity index (χ1n) is 4.38. The number of rotatable bonds is 3. The summed E-state index contributed by atoms with van der Waals surface area (Å²) >= 11 is 3.34. The second-order valence-electron chi connectivity index (χ2n) is 3.86. The molecule has 0 saturated heterocycles. The molecule has 1 rings (SSSR count). The Kier molecular flexibility index (Phi) is 3.45. The van der Waals surface area contributed by atoms with E-state index in [1.807, 2.05) is 18.2 Å². The molecule has 0 bridgehead atoms. The Morgan fingerprint density at radius 2 is 2.00 bits per heavy atom. The largest absolute Gasteiger partial charge is 0.387 e. The van der Waals surface area contributed by atoms with Crippen LogP contribution in [-0.4, -0.2) is 11.4 Å². The predicted octanol–water partition coefficient (Wildman–Crippen LogP) is 2.71. The van der Waals surface area contributed by atoms with Crippen LogP contribution in [0.25, 0.3) is 0 Å². The molecule has 2 nitrogen and oxygen atoms in total. The minimum atomic E-state index is -0.782. The molecular formula is C11H13BrO2. The van der Waals surface area contributed by atoms with Crippen molar-refractivity contribution in [3.63, 3.8) is 0 Å². The summed E-state index contributed by atoms with van der Waals surface area (Å²) in [7, 11) is 0. The molecule has 0 aromatic heterocycles. The molecule has 76 valence electrons. The molecule has 0 aliphatic rings. The van der Waals surface area contributed by atoms with Crippen LogP contribution in [0.3, 0.4) is 0 Å². The lowest BCUT2D eigenvalue weighted by Crippen LogP contribution is -2.23. The molecule has 0 spiro atoms. The molecule has 0 amide bonds. The molecule has 3 heteroatoms. The molecule has 1 atom stereocenters. The van der Waals surface area contributed by atoms with Gasteiger partial charge in [0, 0.05) is 4.47 Å². The number of carbonyl (C=O) groups is 1. The van der Waals surface area contributed by atoms with Crippen LogP contribution >= 0.6 is 15.9 Å². The van der Waals surface area contributed by atoms with Gasteiger partial charge in [0.05, 0.1) is 11.5 Å². The number of aldehydes is 1. The van der Waals surface area contributed by atoms with Crippen LogP contribution in [-0.2, 0) is 4.79 Å². The third kappa shape index (κ3) is 2.22. The minimum absolute atomic E-state index is 0.740. The van der Waals surface area contributed by atoms with E-state index in [2.05, 4.69) is 15.9 Å². The molecule has 0 radical (unpaired) electrons. The lowest BCUT2D eigenvalue weighted by Gasteiger charge is -2.25. The fraction of sp³-hybridized carbons (Fsp3) is 0.364. The Labute approximate surface area is 92.1 Å². The van der Waals surface area contributed by atoms with E-state index in [1.165, 1.54) is 0 Å². The summed E-state index contributed by atoms with van der Waals surface area (Å²) < 4.78 is 0.822. The van der Waals surface area contributed by atoms with E-state index in [0.717, 1.165) is 16.3 Å². The maximum atomic E-state index is 10.8. The predicted molar refractivity (Wildman–Crippen MR) is 58.9 cm³/mol. The van der Waals surface area contributed by atoms with Crippen LogP contribution in [0.2, 0.25) is 0 Å². The maximum absolute atomic E-state index is 10.8. The smallest absolute Gasteiger partial charge is 0.128 e. The van der Waals surface area contributed by atoms with Gasteiger partial charge in [-0.2, -0.15) is 0 Å². The highest BCUT2D eigenvalue weighted by Gasteiger charge is 2.29. The number of aliphatic hydroxyl groups is 1. The van der Waals surface area contributed by atoms with Crippen LogP contribution in [0.5, 0.6) is 0 Å². The van der Waals surface area contributed by atoms with Crippen molar-refractivity contribution in [1.29, 1.82) is 0 Å². The van der Waals surface area contributed by atoms with Gasteiger partial charge in [-0.3, -0.25) is 0 Å². The van der Waals surface area contributed by atoms with Gasteiger partial charge in [0.1, 0.15) is 6.29 Å². The first kappa shape index (κ1) is 11.4. The van der Waals surface area contributed by atoms with Gasteiger partial charge < -0.3 is 9.90 Å². The summed E-state index contributed by atoms with van der Waals surface area (Å²) in [5, 5.41) is 9.97. The molecule has 1 unspecified atom stereocenters. The first-order chi connectivity index (χ1) is 6.49. The number of carbonyl (C=O) groups excluding carboxylic acids is 1. The van der Waals surface area contributed by atoms with E-state index in [-0.39, 0.29) is 0 Å². The second-order valence-corrected chi connectivity index (χ2v) is 4.72. The van der Waals surface area contributed by atoms with Crippen molar-refractivity contribution in [3.05, 3.63) is 34.3 Å². The summed E-state index contributed by atoms with van der Waals surface area (Å²) in [5.74, 6) is 0. The van der Waals surface area contributed by atoms with Crippen LogP contribution in [0, 0.1) is 5.41 Å². The zero-order chi connectivity index (χ0) is 10.8. The topological polar surface area (TPSA) is 37.3 Å². The molecule has 1 aromatic carbocycles. The summed E-state index contributed by atoms with van der Waals surface area (Å²) in [4.78, 5) is 10.8. The van der Waals surface area contributed by atoms with Gasteiger partial charge in [-0.1, -0.05) is 48.0 Å². The van der Waals surface area contributed by atoms with Crippen LogP contribution in [0.1, 0.15) is 25.5 Å². The fourth-order valence-corrected chi connectivity index (χ4v) is 1.66. The highest BCUT2D eigenvalue weighted by molar-refractivity contribution is 9.10. The highest BCUT2D eigenvalue weighted by Crippen LogP contribution is 2.34. The molecule has 0 saturated carbocycles. The Bertz CT molecular complexity index is 334. The normalized spacial score (nSPS) is 13.7. The van der Waals surface area contributed by atoms with Gasteiger partial charge >= 0.3 is 0 Å². The molecule has 0 aliphatic heterocycles. The fourth-order valence-electron chi connectivity index (χ4n) is 1.16. The molecule has 0 heterocycles. The average Bonchev–Trinajstić information content (AvgIpc) is 2.17. The number of hydrogen-bond acceptors (Lipinski definition) is 2. The van der Waals surface area contributed by atoms with Crippen molar-refractivity contribution in [2.24, 2.45) is 5.41 Å². The number of benzene rings is 1. The van der Waals surface area contributed by atoms with Gasteiger partial charge in [-0.05, 0) is 11.6 Å². The van der Waals surface area contributed by atoms with E-state index in [9.17, 15) is 9.90 Å². The van der Waals surface area contributed by atoms with Gasteiger partial charge in [0.15, 0.2) is 0 Å². The monoisotopic (exact) mass is 256 g/mol. The number of halogens is 1. The van der Waals surface area contributed by atoms with E-state index in [4.69, 9.17) is 0 Å². The zero-order valence-electron chi connectivity index (χ0n) is 8.20. The molecule has 14 heavy (non-hydrogen) atoms. The molecule has 0 fully saturated rings. The Balaban J connectivity index is 3.06. The molecule has 0 aliphatic carbocycles. The molecule has 1 aromatic rings. The molecular weight excluding hydrogens is 244 g/mol. The molecule has 1 N–H and O–H groups in total. The third-order valence-corrected chi connectivity index (χ3v) is 2.93. The van der Waals surface area contributed by atoms with Crippen LogP contribution in [0.15, 0.2) is 28.7 Å². The van der Waals surface area contributed by atoms with Crippen molar-refractivity contribution in [2.45, 2.75) is 20.0 Å². The van der Waals surface area contributed by atoms with Crippen LogP contribution < -0.4 is 0 Å². The lowest BCUT2D eigenvalue weighted by atomic mass is 9.84. The second kappa shape index (κ2) is 4.24. The van der Waals surface area contributed by atoms with Gasteiger partial charge in [0.2, 0.25) is 0 Å². The van der Waals surface area contributed by atoms with E-state index in [1.54, 1.807) is 19.9 Å². The van der Waals surface area contributed by atoms with Gasteiger partial charge in [-0.15, -0.1) is 0 Å². The standard InChI is InChI=1S/C11H13BrO2/c1-11(2,7-13)10(14)8-5-3-4-6-9(8)12/h3-7,10,14H,1-2H3. The van der Waals surface area contributed by atoms with Crippen LogP contribution in [0.4, 0.5) is 0 Å². The summed E-state index contributed by atoms with van der Waals surface area (Å²) in [6.07, 6.45) is -0.00697. The third-order valence-electron chi connectivity index (χ3n) is 2.21. The van der Waals surface area contributed by atoms with Crippen molar-refractivity contribution in [1.82, 2.24) is 0 Å². The quantitative estimate of drug-likeness (QED) is 0.845.